The summed E-state index contributed by atoms with van der Waals surface area (Å²) in [6.07, 6.45) is -0.372. The van der Waals surface area contributed by atoms with Crippen LogP contribution < -0.4 is 4.74 Å². The monoisotopic (exact) mass is 386 g/mol. The Kier molecular flexibility index (Phi) is 6.59. The van der Waals surface area contributed by atoms with E-state index >= 15 is 0 Å². The largest absolute Gasteiger partial charge is 0.463 e. The molecule has 5 heteroatoms. The highest BCUT2D eigenvalue weighted by molar-refractivity contribution is 5.77. The highest BCUT2D eigenvalue weighted by Crippen LogP contribution is 2.30. The normalized spacial score (nSPS) is 11.3. The second-order valence-corrected chi connectivity index (χ2v) is 6.34. The van der Waals surface area contributed by atoms with Crippen molar-refractivity contribution in [1.82, 2.24) is 4.98 Å². The minimum atomic E-state index is -1.01. The van der Waals surface area contributed by atoms with Gasteiger partial charge in [0.15, 0.2) is 0 Å². The molecule has 0 fully saturated rings. The minimum Gasteiger partial charge on any atom is -0.463 e. The van der Waals surface area contributed by atoms with Crippen LogP contribution in [-0.2, 0) is 16.0 Å². The molecule has 0 saturated carbocycles. The minimum absolute atomic E-state index is 0.132. The summed E-state index contributed by atoms with van der Waals surface area (Å²) < 4.78 is 11.2. The Balaban J connectivity index is 2.09. The molecule has 0 saturated heterocycles. The number of aromatic nitrogens is 1. The third-order valence-electron chi connectivity index (χ3n) is 4.46. The Labute approximate surface area is 170 Å². The molecule has 146 valence electrons. The van der Waals surface area contributed by atoms with Crippen molar-refractivity contribution in [3.05, 3.63) is 83.4 Å². The van der Waals surface area contributed by atoms with E-state index in [-0.39, 0.29) is 12.5 Å². The van der Waals surface area contributed by atoms with E-state index in [9.17, 15) is 10.1 Å². The zero-order chi connectivity index (χ0) is 20.6. The van der Waals surface area contributed by atoms with Crippen LogP contribution >= 0.6 is 0 Å². The second-order valence-electron chi connectivity index (χ2n) is 6.34. The van der Waals surface area contributed by atoms with Crippen molar-refractivity contribution in [3.63, 3.8) is 0 Å². The third kappa shape index (κ3) is 4.61. The van der Waals surface area contributed by atoms with Crippen molar-refractivity contribution in [2.45, 2.75) is 26.4 Å². The summed E-state index contributed by atoms with van der Waals surface area (Å²) in [4.78, 5) is 17.2. The molecule has 3 rings (SSSR count). The second kappa shape index (κ2) is 9.52. The van der Waals surface area contributed by atoms with Gasteiger partial charge in [-0.2, -0.15) is 5.26 Å². The number of carbonyl (C=O) groups excluding carboxylic acids is 1. The van der Waals surface area contributed by atoms with Gasteiger partial charge in [0.2, 0.25) is 12.0 Å². The van der Waals surface area contributed by atoms with Crippen LogP contribution in [0.25, 0.3) is 11.3 Å². The smallest absolute Gasteiger partial charge is 0.352 e. The molecule has 0 aliphatic heterocycles. The van der Waals surface area contributed by atoms with Gasteiger partial charge in [-0.1, -0.05) is 67.6 Å². The highest BCUT2D eigenvalue weighted by Gasteiger charge is 2.27. The molecule has 2 aromatic carbocycles. The molecule has 0 spiro atoms. The number of hydrogen-bond acceptors (Lipinski definition) is 5. The molecule has 0 radical (unpaired) electrons. The number of nitrogens with zero attached hydrogens (tertiary/aromatic N) is 2. The summed E-state index contributed by atoms with van der Waals surface area (Å²) in [5, 5.41) is 9.73. The first-order valence-electron chi connectivity index (χ1n) is 9.55. The van der Waals surface area contributed by atoms with Gasteiger partial charge in [-0.15, -0.1) is 0 Å². The molecule has 1 heterocycles. The zero-order valence-corrected chi connectivity index (χ0v) is 16.5. The lowest BCUT2D eigenvalue weighted by Gasteiger charge is -2.19. The quantitative estimate of drug-likeness (QED) is 0.542. The van der Waals surface area contributed by atoms with E-state index in [1.165, 1.54) is 0 Å². The van der Waals surface area contributed by atoms with Gasteiger partial charge in [0.1, 0.15) is 11.6 Å². The SMILES string of the molecule is CCOC(=O)C(Oc1nc(-c2ccccc2)cc(CC)c1C#N)c1ccccc1. The van der Waals surface area contributed by atoms with Gasteiger partial charge >= 0.3 is 5.97 Å². The van der Waals surface area contributed by atoms with Crippen LogP contribution in [-0.4, -0.2) is 17.6 Å². The van der Waals surface area contributed by atoms with Crippen molar-refractivity contribution < 1.29 is 14.3 Å². The van der Waals surface area contributed by atoms with E-state index in [1.54, 1.807) is 19.1 Å². The molecular weight excluding hydrogens is 364 g/mol. The Hall–Kier alpha value is -3.65. The topological polar surface area (TPSA) is 72.2 Å². The molecule has 29 heavy (non-hydrogen) atoms. The van der Waals surface area contributed by atoms with Gasteiger partial charge in [0.25, 0.3) is 0 Å². The number of nitriles is 1. The number of aryl methyl sites for hydroxylation is 1. The molecular formula is C24H22N2O3. The standard InChI is InChI=1S/C24H22N2O3/c1-3-17-15-21(18-11-7-5-8-12-18)26-23(20(17)16-25)29-22(24(27)28-4-2)19-13-9-6-10-14-19/h5-15,22H,3-4H2,1-2H3. The van der Waals surface area contributed by atoms with Crippen LogP contribution in [0.5, 0.6) is 5.88 Å². The lowest BCUT2D eigenvalue weighted by atomic mass is 10.0. The van der Waals surface area contributed by atoms with Gasteiger partial charge in [-0.3, -0.25) is 0 Å². The third-order valence-corrected chi connectivity index (χ3v) is 4.46. The number of benzene rings is 2. The van der Waals surface area contributed by atoms with Crippen LogP contribution in [0, 0.1) is 11.3 Å². The van der Waals surface area contributed by atoms with Gasteiger partial charge in [0.05, 0.1) is 12.3 Å². The average molecular weight is 386 g/mol. The lowest BCUT2D eigenvalue weighted by molar-refractivity contribution is -0.151. The fraction of sp³-hybridized carbons (Fsp3) is 0.208. The molecule has 1 atom stereocenters. The van der Waals surface area contributed by atoms with Gasteiger partial charge in [-0.25, -0.2) is 9.78 Å². The molecule has 3 aromatic rings. The van der Waals surface area contributed by atoms with Gasteiger partial charge in [-0.05, 0) is 25.0 Å². The fourth-order valence-corrected chi connectivity index (χ4v) is 3.02. The lowest BCUT2D eigenvalue weighted by Crippen LogP contribution is -2.22. The first kappa shape index (κ1) is 20.1. The Morgan fingerprint density at radius 2 is 1.72 bits per heavy atom. The predicted octanol–water partition coefficient (Wildman–Crippen LogP) is 4.87. The Bertz CT molecular complexity index is 1010. The van der Waals surface area contributed by atoms with E-state index in [0.29, 0.717) is 23.2 Å². The molecule has 0 N–H and O–H groups in total. The number of ether oxygens (including phenoxy) is 2. The highest BCUT2D eigenvalue weighted by atomic mass is 16.6. The van der Waals surface area contributed by atoms with E-state index in [4.69, 9.17) is 9.47 Å². The zero-order valence-electron chi connectivity index (χ0n) is 16.5. The number of hydrogen-bond donors (Lipinski definition) is 0. The van der Waals surface area contributed by atoms with E-state index in [1.807, 2.05) is 61.5 Å². The summed E-state index contributed by atoms with van der Waals surface area (Å²) >= 11 is 0. The predicted molar refractivity (Wildman–Crippen MR) is 110 cm³/mol. The van der Waals surface area contributed by atoms with Crippen molar-refractivity contribution in [3.8, 4) is 23.2 Å². The fourth-order valence-electron chi connectivity index (χ4n) is 3.02. The molecule has 1 aromatic heterocycles. The summed E-state index contributed by atoms with van der Waals surface area (Å²) in [6, 6.07) is 22.8. The molecule has 0 aliphatic rings. The molecule has 0 amide bonds. The number of pyridine rings is 1. The average Bonchev–Trinajstić information content (AvgIpc) is 2.78. The maximum absolute atomic E-state index is 12.6. The summed E-state index contributed by atoms with van der Waals surface area (Å²) in [5.41, 5.74) is 3.38. The molecule has 0 aliphatic carbocycles. The Morgan fingerprint density at radius 3 is 2.31 bits per heavy atom. The number of carbonyl (C=O) groups is 1. The summed E-state index contributed by atoms with van der Waals surface area (Å²) in [5.74, 6) is -0.389. The van der Waals surface area contributed by atoms with Crippen molar-refractivity contribution >= 4 is 5.97 Å². The van der Waals surface area contributed by atoms with Crippen LogP contribution in [0.1, 0.15) is 36.6 Å². The van der Waals surface area contributed by atoms with Crippen LogP contribution in [0.15, 0.2) is 66.7 Å². The molecule has 5 nitrogen and oxygen atoms in total. The first-order valence-corrected chi connectivity index (χ1v) is 9.55. The maximum Gasteiger partial charge on any atom is 0.352 e. The Morgan fingerprint density at radius 1 is 1.07 bits per heavy atom. The van der Waals surface area contributed by atoms with Crippen molar-refractivity contribution in [2.75, 3.05) is 6.61 Å². The van der Waals surface area contributed by atoms with Crippen LogP contribution in [0.2, 0.25) is 0 Å². The number of esters is 1. The summed E-state index contributed by atoms with van der Waals surface area (Å²) in [7, 11) is 0. The number of rotatable bonds is 7. The van der Waals surface area contributed by atoms with Crippen LogP contribution in [0.4, 0.5) is 0 Å². The first-order chi connectivity index (χ1) is 14.2. The van der Waals surface area contributed by atoms with Gasteiger partial charge < -0.3 is 9.47 Å². The molecule has 1 unspecified atom stereocenters. The van der Waals surface area contributed by atoms with E-state index in [0.717, 1.165) is 11.1 Å². The summed E-state index contributed by atoms with van der Waals surface area (Å²) in [6.45, 7) is 3.94. The maximum atomic E-state index is 12.6. The van der Waals surface area contributed by atoms with Gasteiger partial charge in [0, 0.05) is 11.1 Å². The van der Waals surface area contributed by atoms with E-state index in [2.05, 4.69) is 11.1 Å². The van der Waals surface area contributed by atoms with Crippen molar-refractivity contribution in [1.29, 1.82) is 5.26 Å². The molecule has 0 bridgehead atoms. The van der Waals surface area contributed by atoms with E-state index < -0.39 is 12.1 Å². The van der Waals surface area contributed by atoms with Crippen LogP contribution in [0.3, 0.4) is 0 Å². The van der Waals surface area contributed by atoms with Crippen molar-refractivity contribution in [2.24, 2.45) is 0 Å².